The highest BCUT2D eigenvalue weighted by atomic mass is 16.3. The number of nitrogens with one attached hydrogen (secondary N) is 1. The fourth-order valence-corrected chi connectivity index (χ4v) is 3.14. The van der Waals surface area contributed by atoms with Gasteiger partial charge in [-0.1, -0.05) is 6.42 Å². The van der Waals surface area contributed by atoms with Gasteiger partial charge in [-0.25, -0.2) is 9.97 Å². The van der Waals surface area contributed by atoms with Crippen molar-refractivity contribution in [3.63, 3.8) is 0 Å². The fourth-order valence-electron chi connectivity index (χ4n) is 3.14. The molecule has 6 nitrogen and oxygen atoms in total. The Kier molecular flexibility index (Phi) is 4.04. The normalized spacial score (nSPS) is 26.5. The van der Waals surface area contributed by atoms with Crippen molar-refractivity contribution < 1.29 is 9.90 Å². The van der Waals surface area contributed by atoms with E-state index in [9.17, 15) is 9.90 Å². The Labute approximate surface area is 130 Å². The van der Waals surface area contributed by atoms with Crippen molar-refractivity contribution in [3.8, 4) is 0 Å². The highest BCUT2D eigenvalue weighted by Gasteiger charge is 2.38. The van der Waals surface area contributed by atoms with Gasteiger partial charge in [0.05, 0.1) is 17.4 Å². The zero-order valence-corrected chi connectivity index (χ0v) is 13.0. The lowest BCUT2D eigenvalue weighted by Crippen LogP contribution is -2.25. The molecular formula is C16H24N4O2. The smallest absolute Gasteiger partial charge is 0.252 e. The highest BCUT2D eigenvalue weighted by Crippen LogP contribution is 2.37. The minimum absolute atomic E-state index is 0.0898. The van der Waals surface area contributed by atoms with Crippen LogP contribution in [0.3, 0.4) is 0 Å². The summed E-state index contributed by atoms with van der Waals surface area (Å²) in [5.74, 6) is 0.424. The topological polar surface area (TPSA) is 101 Å². The highest BCUT2D eigenvalue weighted by molar-refractivity contribution is 5.93. The molecule has 1 aromatic heterocycles. The van der Waals surface area contributed by atoms with E-state index in [1.54, 1.807) is 0 Å². The van der Waals surface area contributed by atoms with Crippen LogP contribution in [0, 0.1) is 5.92 Å². The minimum Gasteiger partial charge on any atom is -0.393 e. The third-order valence-electron chi connectivity index (χ3n) is 4.78. The van der Waals surface area contributed by atoms with Crippen LogP contribution in [-0.2, 0) is 6.42 Å². The van der Waals surface area contributed by atoms with Gasteiger partial charge in [0, 0.05) is 11.7 Å². The van der Waals surface area contributed by atoms with Crippen LogP contribution in [0.2, 0.25) is 0 Å². The van der Waals surface area contributed by atoms with Gasteiger partial charge in [-0.3, -0.25) is 4.79 Å². The fraction of sp³-hybridized carbons (Fsp3) is 0.688. The third kappa shape index (κ3) is 3.55. The van der Waals surface area contributed by atoms with Crippen molar-refractivity contribution >= 4 is 11.9 Å². The number of nitrogens with two attached hydrogens (primary N) is 1. The van der Waals surface area contributed by atoms with E-state index in [2.05, 4.69) is 22.2 Å². The van der Waals surface area contributed by atoms with Gasteiger partial charge in [0.15, 0.2) is 0 Å². The average Bonchev–Trinajstić information content (AvgIpc) is 3.16. The van der Waals surface area contributed by atoms with Gasteiger partial charge in [0.1, 0.15) is 0 Å². The van der Waals surface area contributed by atoms with E-state index in [1.165, 1.54) is 6.20 Å². The minimum atomic E-state index is -0.490. The number of carbonyl (C=O) groups is 1. The maximum absolute atomic E-state index is 11.6. The summed E-state index contributed by atoms with van der Waals surface area (Å²) in [6.07, 6.45) is 7.89. The molecule has 2 aliphatic rings. The lowest BCUT2D eigenvalue weighted by Gasteiger charge is -2.26. The lowest BCUT2D eigenvalue weighted by molar-refractivity contribution is 0.0987. The molecule has 1 heterocycles. The Bertz CT molecular complexity index is 571. The third-order valence-corrected chi connectivity index (χ3v) is 4.78. The molecule has 2 aliphatic carbocycles. The second-order valence-corrected chi connectivity index (χ2v) is 6.99. The second kappa shape index (κ2) is 5.83. The molecule has 1 amide bonds. The first-order chi connectivity index (χ1) is 10.5. The van der Waals surface area contributed by atoms with Crippen molar-refractivity contribution in [1.82, 2.24) is 9.97 Å². The number of aliphatic hydroxyl groups is 1. The number of nitrogens with zero attached hydrogens (tertiary/aromatic N) is 2. The van der Waals surface area contributed by atoms with E-state index in [-0.39, 0.29) is 11.6 Å². The van der Waals surface area contributed by atoms with Crippen molar-refractivity contribution in [1.29, 1.82) is 0 Å². The summed E-state index contributed by atoms with van der Waals surface area (Å²) in [7, 11) is 0. The van der Waals surface area contributed by atoms with Crippen LogP contribution in [0.4, 0.5) is 5.95 Å². The van der Waals surface area contributed by atoms with Crippen LogP contribution in [0.15, 0.2) is 6.20 Å². The number of hydrogen-bond donors (Lipinski definition) is 3. The Morgan fingerprint density at radius 3 is 2.91 bits per heavy atom. The second-order valence-electron chi connectivity index (χ2n) is 6.99. The summed E-state index contributed by atoms with van der Waals surface area (Å²) in [4.78, 5) is 20.4. The lowest BCUT2D eigenvalue weighted by atomic mass is 9.84. The first-order valence-electron chi connectivity index (χ1n) is 8.07. The summed E-state index contributed by atoms with van der Waals surface area (Å²) in [6, 6.07) is 0. The largest absolute Gasteiger partial charge is 0.393 e. The predicted octanol–water partition coefficient (Wildman–Crippen LogP) is 1.63. The monoisotopic (exact) mass is 304 g/mol. The van der Waals surface area contributed by atoms with Crippen molar-refractivity contribution in [2.45, 2.75) is 63.5 Å². The van der Waals surface area contributed by atoms with Crippen LogP contribution in [0.1, 0.15) is 61.5 Å². The molecule has 22 heavy (non-hydrogen) atoms. The standard InChI is InChI=1S/C16H24N4O2/c1-16(5-6-16)20-15-18-9-12(14(17)22)13(19-15)8-10-3-2-4-11(21)7-10/h9-11,21H,2-8H2,1H3,(H2,17,22)(H,18,19,20)/t10-,11+/m1/s1. The number of amides is 1. The van der Waals surface area contributed by atoms with E-state index in [0.717, 1.165) is 38.5 Å². The maximum atomic E-state index is 11.6. The van der Waals surface area contributed by atoms with Gasteiger partial charge in [-0.2, -0.15) is 0 Å². The molecule has 4 N–H and O–H groups in total. The Hall–Kier alpha value is -1.69. The molecule has 0 unspecified atom stereocenters. The van der Waals surface area contributed by atoms with Crippen LogP contribution >= 0.6 is 0 Å². The van der Waals surface area contributed by atoms with E-state index in [0.29, 0.717) is 29.5 Å². The van der Waals surface area contributed by atoms with E-state index in [1.807, 2.05) is 0 Å². The van der Waals surface area contributed by atoms with E-state index < -0.39 is 5.91 Å². The van der Waals surface area contributed by atoms with Gasteiger partial charge in [-0.05, 0) is 51.4 Å². The molecule has 0 saturated heterocycles. The molecule has 1 aromatic rings. The zero-order chi connectivity index (χ0) is 15.7. The number of hydrogen-bond acceptors (Lipinski definition) is 5. The molecule has 0 bridgehead atoms. The SMILES string of the molecule is CC1(Nc2ncc(C(N)=O)c(C[C@@H]3CCC[C@H](O)C3)n2)CC1. The number of carbonyl (C=O) groups excluding carboxylic acids is 1. The Morgan fingerprint density at radius 2 is 2.27 bits per heavy atom. The number of aromatic nitrogens is 2. The number of aliphatic hydroxyl groups excluding tert-OH is 1. The van der Waals surface area contributed by atoms with Gasteiger partial charge in [0.2, 0.25) is 5.95 Å². The Balaban J connectivity index is 1.79. The average molecular weight is 304 g/mol. The molecule has 3 rings (SSSR count). The molecular weight excluding hydrogens is 280 g/mol. The molecule has 0 aromatic carbocycles. The molecule has 0 radical (unpaired) electrons. The van der Waals surface area contributed by atoms with Gasteiger partial charge < -0.3 is 16.2 Å². The number of rotatable bonds is 5. The molecule has 120 valence electrons. The molecule has 6 heteroatoms. The maximum Gasteiger partial charge on any atom is 0.252 e. The molecule has 0 spiro atoms. The number of primary amides is 1. The molecule has 0 aliphatic heterocycles. The first kappa shape index (κ1) is 15.2. The summed E-state index contributed by atoms with van der Waals surface area (Å²) in [6.45, 7) is 2.13. The summed E-state index contributed by atoms with van der Waals surface area (Å²) in [5, 5.41) is 13.1. The summed E-state index contributed by atoms with van der Waals surface area (Å²) >= 11 is 0. The predicted molar refractivity (Wildman–Crippen MR) is 83.5 cm³/mol. The first-order valence-corrected chi connectivity index (χ1v) is 8.07. The summed E-state index contributed by atoms with van der Waals surface area (Å²) < 4.78 is 0. The summed E-state index contributed by atoms with van der Waals surface area (Å²) in [5.41, 5.74) is 6.63. The van der Waals surface area contributed by atoms with Crippen molar-refractivity contribution in [2.24, 2.45) is 11.7 Å². The zero-order valence-electron chi connectivity index (χ0n) is 13.0. The van der Waals surface area contributed by atoms with Crippen LogP contribution in [0.5, 0.6) is 0 Å². The van der Waals surface area contributed by atoms with Crippen LogP contribution in [-0.4, -0.2) is 32.6 Å². The van der Waals surface area contributed by atoms with Gasteiger partial charge >= 0.3 is 0 Å². The van der Waals surface area contributed by atoms with Crippen molar-refractivity contribution in [3.05, 3.63) is 17.5 Å². The molecule has 2 saturated carbocycles. The van der Waals surface area contributed by atoms with Gasteiger partial charge in [0.25, 0.3) is 5.91 Å². The van der Waals surface area contributed by atoms with E-state index >= 15 is 0 Å². The van der Waals surface area contributed by atoms with Crippen molar-refractivity contribution in [2.75, 3.05) is 5.32 Å². The quantitative estimate of drug-likeness (QED) is 0.767. The van der Waals surface area contributed by atoms with Crippen LogP contribution in [0.25, 0.3) is 0 Å². The Morgan fingerprint density at radius 1 is 1.50 bits per heavy atom. The molecule has 2 atom stereocenters. The molecule has 2 fully saturated rings. The van der Waals surface area contributed by atoms with Gasteiger partial charge in [-0.15, -0.1) is 0 Å². The van der Waals surface area contributed by atoms with Crippen LogP contribution < -0.4 is 11.1 Å². The van der Waals surface area contributed by atoms with E-state index in [4.69, 9.17) is 5.73 Å². The number of anilines is 1.